The molecule has 0 fully saturated rings. The largest absolute Gasteiger partial charge is 0.318 e. The van der Waals surface area contributed by atoms with Crippen LogP contribution in [0, 0.1) is 5.82 Å². The first-order valence-electron chi connectivity index (χ1n) is 5.30. The van der Waals surface area contributed by atoms with Crippen LogP contribution in [0.25, 0.3) is 10.8 Å². The number of benzene rings is 1. The summed E-state index contributed by atoms with van der Waals surface area (Å²) in [5.74, 6) is -0.303. The van der Waals surface area contributed by atoms with Gasteiger partial charge in [0.05, 0.1) is 5.39 Å². The molecule has 16 heavy (non-hydrogen) atoms. The van der Waals surface area contributed by atoms with E-state index in [0.29, 0.717) is 10.9 Å². The molecular weight excluding hydrogens is 205 g/mol. The van der Waals surface area contributed by atoms with Crippen LogP contribution in [0.1, 0.15) is 25.3 Å². The summed E-state index contributed by atoms with van der Waals surface area (Å²) in [6.45, 7) is 3.83. The van der Waals surface area contributed by atoms with E-state index >= 15 is 0 Å². The third-order valence-corrected chi connectivity index (χ3v) is 2.84. The molecule has 1 heterocycles. The third-order valence-electron chi connectivity index (χ3n) is 2.84. The van der Waals surface area contributed by atoms with E-state index in [0.717, 1.165) is 0 Å². The first kappa shape index (κ1) is 10.9. The van der Waals surface area contributed by atoms with Crippen molar-refractivity contribution in [1.29, 1.82) is 0 Å². The zero-order valence-electron chi connectivity index (χ0n) is 9.62. The minimum atomic E-state index is -0.381. The van der Waals surface area contributed by atoms with Crippen molar-refractivity contribution in [2.24, 2.45) is 7.05 Å². The Hall–Kier alpha value is -1.64. The molecule has 0 unspecified atom stereocenters. The van der Waals surface area contributed by atoms with Gasteiger partial charge in [-0.1, -0.05) is 26.0 Å². The summed E-state index contributed by atoms with van der Waals surface area (Å²) in [5.41, 5.74) is 0.313. The second kappa shape index (κ2) is 3.74. The predicted molar refractivity (Wildman–Crippen MR) is 63.2 cm³/mol. The first-order valence-corrected chi connectivity index (χ1v) is 5.30. The smallest absolute Gasteiger partial charge is 0.261 e. The Kier molecular flexibility index (Phi) is 2.54. The molecule has 0 atom stereocenters. The van der Waals surface area contributed by atoms with Gasteiger partial charge in [-0.25, -0.2) is 4.39 Å². The molecule has 0 bridgehead atoms. The van der Waals surface area contributed by atoms with Crippen molar-refractivity contribution in [1.82, 2.24) is 4.57 Å². The lowest BCUT2D eigenvalue weighted by molar-refractivity contribution is 0.607. The van der Waals surface area contributed by atoms with Crippen LogP contribution < -0.4 is 5.56 Å². The minimum absolute atomic E-state index is 0.0781. The summed E-state index contributed by atoms with van der Waals surface area (Å²) >= 11 is 0. The molecular formula is C13H14FNO. The van der Waals surface area contributed by atoms with Gasteiger partial charge in [0.15, 0.2) is 0 Å². The summed E-state index contributed by atoms with van der Waals surface area (Å²) in [6.07, 6.45) is 1.65. The molecule has 2 nitrogen and oxygen atoms in total. The van der Waals surface area contributed by atoms with E-state index in [1.807, 2.05) is 13.8 Å². The summed E-state index contributed by atoms with van der Waals surface area (Å²) in [6, 6.07) is 5.31. The predicted octanol–water partition coefficient (Wildman–Crippen LogP) is 2.80. The monoisotopic (exact) mass is 219 g/mol. The molecule has 0 amide bonds. The molecule has 0 N–H and O–H groups in total. The molecule has 84 valence electrons. The van der Waals surface area contributed by atoms with Gasteiger partial charge in [-0.3, -0.25) is 4.79 Å². The minimum Gasteiger partial charge on any atom is -0.318 e. The van der Waals surface area contributed by atoms with Crippen LogP contribution in [-0.4, -0.2) is 4.57 Å². The maximum absolute atomic E-state index is 14.1. The van der Waals surface area contributed by atoms with Gasteiger partial charge in [-0.2, -0.15) is 0 Å². The second-order valence-electron chi connectivity index (χ2n) is 4.32. The van der Waals surface area contributed by atoms with Gasteiger partial charge in [0.25, 0.3) is 5.56 Å². The molecule has 0 aliphatic rings. The number of pyridine rings is 1. The fraction of sp³-hybridized carbons (Fsp3) is 0.308. The van der Waals surface area contributed by atoms with Crippen LogP contribution in [0.2, 0.25) is 0 Å². The van der Waals surface area contributed by atoms with Crippen LogP contribution in [0.4, 0.5) is 4.39 Å². The normalized spacial score (nSPS) is 11.3. The SMILES string of the molecule is CC(C)c1ccc2ccn(C)c(=O)c2c1F. The van der Waals surface area contributed by atoms with Crippen molar-refractivity contribution in [2.45, 2.75) is 19.8 Å². The fourth-order valence-electron chi connectivity index (χ4n) is 1.85. The lowest BCUT2D eigenvalue weighted by Gasteiger charge is -2.09. The van der Waals surface area contributed by atoms with Crippen molar-refractivity contribution >= 4 is 10.8 Å². The Morgan fingerprint density at radius 2 is 1.94 bits per heavy atom. The maximum Gasteiger partial charge on any atom is 0.261 e. The number of hydrogen-bond acceptors (Lipinski definition) is 1. The number of hydrogen-bond donors (Lipinski definition) is 0. The molecule has 1 aromatic carbocycles. The van der Waals surface area contributed by atoms with Crippen molar-refractivity contribution in [3.8, 4) is 0 Å². The van der Waals surface area contributed by atoms with Crippen molar-refractivity contribution in [2.75, 3.05) is 0 Å². The highest BCUT2D eigenvalue weighted by Crippen LogP contribution is 2.23. The summed E-state index contributed by atoms with van der Waals surface area (Å²) < 4.78 is 15.5. The summed E-state index contributed by atoms with van der Waals surface area (Å²) in [7, 11) is 1.63. The lowest BCUT2D eigenvalue weighted by atomic mass is 9.99. The number of aryl methyl sites for hydroxylation is 1. The molecule has 2 aromatic rings. The maximum atomic E-state index is 14.1. The van der Waals surface area contributed by atoms with Gasteiger partial charge < -0.3 is 4.57 Å². The van der Waals surface area contributed by atoms with Crippen LogP contribution in [0.3, 0.4) is 0 Å². The number of fused-ring (bicyclic) bond motifs is 1. The van der Waals surface area contributed by atoms with E-state index in [-0.39, 0.29) is 22.7 Å². The van der Waals surface area contributed by atoms with Crippen LogP contribution in [-0.2, 0) is 7.05 Å². The average Bonchev–Trinajstić information content (AvgIpc) is 2.23. The Labute approximate surface area is 93.3 Å². The van der Waals surface area contributed by atoms with Crippen LogP contribution in [0.15, 0.2) is 29.2 Å². The van der Waals surface area contributed by atoms with Crippen molar-refractivity contribution in [3.63, 3.8) is 0 Å². The molecule has 0 saturated carbocycles. The molecule has 0 radical (unpaired) electrons. The lowest BCUT2D eigenvalue weighted by Crippen LogP contribution is -2.17. The topological polar surface area (TPSA) is 22.0 Å². The first-order chi connectivity index (χ1) is 7.52. The van der Waals surface area contributed by atoms with E-state index in [1.165, 1.54) is 4.57 Å². The summed E-state index contributed by atoms with van der Waals surface area (Å²) in [4.78, 5) is 11.8. The molecule has 0 spiro atoms. The number of rotatable bonds is 1. The third kappa shape index (κ3) is 1.52. The van der Waals surface area contributed by atoms with E-state index in [9.17, 15) is 9.18 Å². The highest BCUT2D eigenvalue weighted by Gasteiger charge is 2.13. The molecule has 3 heteroatoms. The van der Waals surface area contributed by atoms with Gasteiger partial charge in [0.1, 0.15) is 5.82 Å². The van der Waals surface area contributed by atoms with Gasteiger partial charge in [-0.05, 0) is 22.9 Å². The fourth-order valence-corrected chi connectivity index (χ4v) is 1.85. The molecule has 1 aromatic heterocycles. The zero-order valence-corrected chi connectivity index (χ0v) is 9.62. The van der Waals surface area contributed by atoms with Crippen molar-refractivity contribution < 1.29 is 4.39 Å². The Morgan fingerprint density at radius 3 is 2.56 bits per heavy atom. The molecule has 0 aliphatic carbocycles. The number of aromatic nitrogens is 1. The Balaban J connectivity index is 2.92. The quantitative estimate of drug-likeness (QED) is 0.722. The Morgan fingerprint density at radius 1 is 1.25 bits per heavy atom. The molecule has 0 saturated heterocycles. The van der Waals surface area contributed by atoms with E-state index < -0.39 is 0 Å². The number of nitrogens with zero attached hydrogens (tertiary/aromatic N) is 1. The molecule has 2 rings (SSSR count). The molecule has 0 aliphatic heterocycles. The highest BCUT2D eigenvalue weighted by molar-refractivity contribution is 5.82. The van der Waals surface area contributed by atoms with Gasteiger partial charge >= 0.3 is 0 Å². The highest BCUT2D eigenvalue weighted by atomic mass is 19.1. The van der Waals surface area contributed by atoms with E-state index in [2.05, 4.69) is 0 Å². The Bertz CT molecular complexity index is 599. The standard InChI is InChI=1S/C13H14FNO/c1-8(2)10-5-4-9-6-7-15(3)13(16)11(9)12(10)14/h4-8H,1-3H3. The van der Waals surface area contributed by atoms with Crippen LogP contribution in [0.5, 0.6) is 0 Å². The second-order valence-corrected chi connectivity index (χ2v) is 4.32. The van der Waals surface area contributed by atoms with E-state index in [4.69, 9.17) is 0 Å². The van der Waals surface area contributed by atoms with E-state index in [1.54, 1.807) is 31.4 Å². The van der Waals surface area contributed by atoms with Gasteiger partial charge in [0.2, 0.25) is 0 Å². The van der Waals surface area contributed by atoms with Gasteiger partial charge in [-0.15, -0.1) is 0 Å². The van der Waals surface area contributed by atoms with Gasteiger partial charge in [0, 0.05) is 13.2 Å². The van der Waals surface area contributed by atoms with Crippen LogP contribution >= 0.6 is 0 Å². The summed E-state index contributed by atoms with van der Waals surface area (Å²) in [5, 5.41) is 0.848. The number of halogens is 1. The zero-order chi connectivity index (χ0) is 11.9. The average molecular weight is 219 g/mol. The van der Waals surface area contributed by atoms with Crippen molar-refractivity contribution in [3.05, 3.63) is 46.1 Å².